The molecule has 0 aliphatic carbocycles. The van der Waals surface area contributed by atoms with Crippen molar-refractivity contribution in [2.45, 2.75) is 4.90 Å². The highest BCUT2D eigenvalue weighted by molar-refractivity contribution is 8.22. The Morgan fingerprint density at radius 3 is 2.27 bits per heavy atom. The Morgan fingerprint density at radius 2 is 1.73 bits per heavy atom. The van der Waals surface area contributed by atoms with E-state index >= 15 is 0 Å². The van der Waals surface area contributed by atoms with Gasteiger partial charge in [-0.1, -0.05) is 12.2 Å². The molecule has 3 heteroatoms. The van der Waals surface area contributed by atoms with E-state index in [9.17, 15) is 4.79 Å². The number of thiol groups is 1. The van der Waals surface area contributed by atoms with Crippen LogP contribution in [0, 0.1) is 0 Å². The van der Waals surface area contributed by atoms with E-state index in [0.717, 1.165) is 0 Å². The van der Waals surface area contributed by atoms with Crippen LogP contribution in [0.1, 0.15) is 10.4 Å². The van der Waals surface area contributed by atoms with E-state index in [1.54, 1.807) is 0 Å². The molecule has 1 aliphatic rings. The molecule has 2 rings (SSSR count). The summed E-state index contributed by atoms with van der Waals surface area (Å²) < 4.78 is 4.64. The molecule has 78 valence electrons. The normalized spacial score (nSPS) is 15.7. The number of esters is 1. The van der Waals surface area contributed by atoms with Gasteiger partial charge in [-0.15, -0.1) is 0 Å². The molecule has 0 saturated carbocycles. The molecule has 0 saturated heterocycles. The Kier molecular flexibility index (Phi) is 2.92. The second-order valence-corrected chi connectivity index (χ2v) is 5.06. The highest BCUT2D eigenvalue weighted by Crippen LogP contribution is 2.41. The van der Waals surface area contributed by atoms with E-state index in [0.29, 0.717) is 5.56 Å². The molecule has 1 aliphatic heterocycles. The number of allylic oxidation sites excluding steroid dienone is 2. The summed E-state index contributed by atoms with van der Waals surface area (Å²) in [7, 11) is 1.10. The maximum Gasteiger partial charge on any atom is 0.337 e. The van der Waals surface area contributed by atoms with Crippen molar-refractivity contribution >= 4 is 16.9 Å². The molecule has 0 spiro atoms. The Labute approximate surface area is 91.6 Å². The summed E-state index contributed by atoms with van der Waals surface area (Å²) in [4.78, 5) is 12.5. The molecule has 1 aromatic rings. The van der Waals surface area contributed by atoms with Gasteiger partial charge in [0.2, 0.25) is 0 Å². The summed E-state index contributed by atoms with van der Waals surface area (Å²) in [5.74, 6) is -0.285. The molecular formula is C12H12O2S. The minimum atomic E-state index is -0.289. The van der Waals surface area contributed by atoms with E-state index < -0.39 is 0 Å². The number of hydrogen-bond acceptors (Lipinski definition) is 2. The van der Waals surface area contributed by atoms with E-state index in [-0.39, 0.29) is 16.9 Å². The summed E-state index contributed by atoms with van der Waals surface area (Å²) in [6.45, 7) is 0. The quantitative estimate of drug-likeness (QED) is 0.612. The van der Waals surface area contributed by atoms with Crippen molar-refractivity contribution in [1.82, 2.24) is 0 Å². The molecule has 1 aromatic carbocycles. The van der Waals surface area contributed by atoms with Crippen LogP contribution in [0.2, 0.25) is 0 Å². The number of rotatable bonds is 2. The lowest BCUT2D eigenvalue weighted by molar-refractivity contribution is 0.0600. The molecule has 0 radical (unpaired) electrons. The molecule has 2 nitrogen and oxygen atoms in total. The van der Waals surface area contributed by atoms with Crippen molar-refractivity contribution in [2.75, 3.05) is 7.11 Å². The lowest BCUT2D eigenvalue weighted by atomic mass is 10.2. The zero-order valence-electron chi connectivity index (χ0n) is 8.38. The molecule has 15 heavy (non-hydrogen) atoms. The van der Waals surface area contributed by atoms with Crippen LogP contribution in [0.5, 0.6) is 0 Å². The zero-order chi connectivity index (χ0) is 10.7. The van der Waals surface area contributed by atoms with Crippen LogP contribution in [-0.4, -0.2) is 13.1 Å². The first-order valence-electron chi connectivity index (χ1n) is 4.63. The second kappa shape index (κ2) is 4.36. The number of carbonyl (C=O) groups excluding carboxylic acids is 1. The van der Waals surface area contributed by atoms with Crippen molar-refractivity contribution in [3.63, 3.8) is 0 Å². The number of hydrogen-bond donors (Lipinski definition) is 1. The van der Waals surface area contributed by atoms with Crippen molar-refractivity contribution in [2.24, 2.45) is 0 Å². The minimum Gasteiger partial charge on any atom is -0.465 e. The zero-order valence-corrected chi connectivity index (χ0v) is 9.28. The molecule has 0 fully saturated rings. The second-order valence-electron chi connectivity index (χ2n) is 3.13. The first kappa shape index (κ1) is 10.1. The largest absolute Gasteiger partial charge is 0.465 e. The molecule has 0 aromatic heterocycles. The molecule has 0 atom stereocenters. The van der Waals surface area contributed by atoms with Gasteiger partial charge in [-0.25, -0.2) is 4.79 Å². The smallest absolute Gasteiger partial charge is 0.337 e. The summed E-state index contributed by atoms with van der Waals surface area (Å²) in [5.41, 5.74) is 0.600. The van der Waals surface area contributed by atoms with Gasteiger partial charge in [0.25, 0.3) is 0 Å². The van der Waals surface area contributed by atoms with Crippen LogP contribution in [0.3, 0.4) is 0 Å². The molecule has 0 N–H and O–H groups in total. The van der Waals surface area contributed by atoms with Crippen LogP contribution in [0.25, 0.3) is 0 Å². The third-order valence-corrected chi connectivity index (χ3v) is 4.07. The van der Waals surface area contributed by atoms with Crippen molar-refractivity contribution in [1.29, 1.82) is 0 Å². The van der Waals surface area contributed by atoms with E-state index in [1.807, 2.05) is 24.3 Å². The van der Waals surface area contributed by atoms with Crippen molar-refractivity contribution < 1.29 is 9.53 Å². The first-order valence-corrected chi connectivity index (χ1v) is 6.11. The van der Waals surface area contributed by atoms with Crippen molar-refractivity contribution in [3.8, 4) is 0 Å². The maximum absolute atomic E-state index is 11.2. The summed E-state index contributed by atoms with van der Waals surface area (Å²) in [5, 5.41) is 4.37. The van der Waals surface area contributed by atoms with Crippen LogP contribution >= 0.6 is 10.9 Å². The molecule has 0 amide bonds. The Hall–Kier alpha value is -1.48. The third-order valence-electron chi connectivity index (χ3n) is 2.19. The average Bonchev–Trinajstić information content (AvgIpc) is 2.82. The predicted octanol–water partition coefficient (Wildman–Crippen LogP) is 2.87. The van der Waals surface area contributed by atoms with Gasteiger partial charge in [-0.05, 0) is 40.0 Å². The van der Waals surface area contributed by atoms with E-state index in [2.05, 4.69) is 27.7 Å². The molecular weight excluding hydrogens is 208 g/mol. The van der Waals surface area contributed by atoms with E-state index in [4.69, 9.17) is 0 Å². The van der Waals surface area contributed by atoms with Crippen molar-refractivity contribution in [3.05, 3.63) is 52.8 Å². The lowest BCUT2D eigenvalue weighted by Crippen LogP contribution is -2.00. The highest BCUT2D eigenvalue weighted by atomic mass is 32.2. The van der Waals surface area contributed by atoms with Crippen LogP contribution in [-0.2, 0) is 4.74 Å². The number of carbonyl (C=O) groups is 1. The van der Waals surface area contributed by atoms with Crippen LogP contribution in [0.4, 0.5) is 0 Å². The van der Waals surface area contributed by atoms with Gasteiger partial charge < -0.3 is 4.74 Å². The van der Waals surface area contributed by atoms with Gasteiger partial charge in [-0.3, -0.25) is 0 Å². The topological polar surface area (TPSA) is 26.3 Å². The van der Waals surface area contributed by atoms with Gasteiger partial charge in [0, 0.05) is 0 Å². The fourth-order valence-electron chi connectivity index (χ4n) is 1.39. The molecule has 0 unspecified atom stereocenters. The molecule has 1 heterocycles. The summed E-state index contributed by atoms with van der Waals surface area (Å²) >= 11 is 0. The predicted molar refractivity (Wildman–Crippen MR) is 63.3 cm³/mol. The highest BCUT2D eigenvalue weighted by Gasteiger charge is 2.06. The number of methoxy groups -OCH3 is 1. The van der Waals surface area contributed by atoms with Crippen LogP contribution < -0.4 is 0 Å². The van der Waals surface area contributed by atoms with Gasteiger partial charge in [0.1, 0.15) is 0 Å². The number of ether oxygens (including phenoxy) is 1. The average molecular weight is 220 g/mol. The fraction of sp³-hybridized carbons (Fsp3) is 0.0833. The summed E-state index contributed by atoms with van der Waals surface area (Å²) in [6, 6.07) is 7.59. The third kappa shape index (κ3) is 2.13. The molecule has 0 bridgehead atoms. The Balaban J connectivity index is 2.20. The van der Waals surface area contributed by atoms with E-state index in [1.165, 1.54) is 12.0 Å². The first-order chi connectivity index (χ1) is 7.31. The lowest BCUT2D eigenvalue weighted by Gasteiger charge is -2.10. The number of benzene rings is 1. The minimum absolute atomic E-state index is 0.285. The van der Waals surface area contributed by atoms with Gasteiger partial charge in [0.15, 0.2) is 0 Å². The monoisotopic (exact) mass is 220 g/mol. The van der Waals surface area contributed by atoms with Gasteiger partial charge in [0.05, 0.1) is 12.7 Å². The van der Waals surface area contributed by atoms with Gasteiger partial charge in [-0.2, -0.15) is 10.9 Å². The Morgan fingerprint density at radius 1 is 1.13 bits per heavy atom. The fourth-order valence-corrected chi connectivity index (χ4v) is 2.90. The standard InChI is InChI=1S/C12H12O2S/c1-14-12(13)10-4-6-11(7-5-10)15-8-2-3-9-15/h2-9,15H,1H3. The van der Waals surface area contributed by atoms with Gasteiger partial charge >= 0.3 is 5.97 Å². The summed E-state index contributed by atoms with van der Waals surface area (Å²) in [6.07, 6.45) is 4.11. The maximum atomic E-state index is 11.2. The Bertz CT molecular complexity index is 406. The SMILES string of the molecule is COC(=O)c1ccc([SH]2C=CC=C2)cc1. The van der Waals surface area contributed by atoms with Crippen LogP contribution in [0.15, 0.2) is 52.1 Å².